The van der Waals surface area contributed by atoms with Crippen molar-refractivity contribution in [3.8, 4) is 0 Å². The first-order chi connectivity index (χ1) is 8.04. The lowest BCUT2D eigenvalue weighted by molar-refractivity contribution is -0.129. The predicted molar refractivity (Wildman–Crippen MR) is 70.2 cm³/mol. The third-order valence-electron chi connectivity index (χ3n) is 3.14. The predicted octanol–water partition coefficient (Wildman–Crippen LogP) is -0.754. The number of carbonyl (C=O) groups excluding carboxylic acids is 1. The summed E-state index contributed by atoms with van der Waals surface area (Å²) in [6.45, 7) is 5.71. The Labute approximate surface area is 106 Å². The lowest BCUT2D eigenvalue weighted by Gasteiger charge is -2.32. The molecule has 1 aliphatic heterocycles. The molecule has 1 fully saturated rings. The topological polar surface area (TPSA) is 66.6 Å². The van der Waals surface area contributed by atoms with Crippen LogP contribution in [-0.2, 0) is 15.6 Å². The van der Waals surface area contributed by atoms with E-state index in [0.29, 0.717) is 13.0 Å². The van der Waals surface area contributed by atoms with Gasteiger partial charge >= 0.3 is 0 Å². The number of hydrogen-bond acceptors (Lipinski definition) is 4. The molecule has 2 atom stereocenters. The Morgan fingerprint density at radius 1 is 1.35 bits per heavy atom. The van der Waals surface area contributed by atoms with E-state index in [1.165, 1.54) is 0 Å². The third kappa shape index (κ3) is 4.73. The first kappa shape index (κ1) is 14.6. The highest BCUT2D eigenvalue weighted by Gasteiger charge is 2.22. The molecule has 0 spiro atoms. The van der Waals surface area contributed by atoms with Crippen LogP contribution in [-0.4, -0.2) is 70.7 Å². The highest BCUT2D eigenvalue weighted by Crippen LogP contribution is 2.05. The number of amides is 1. The van der Waals surface area contributed by atoms with Crippen LogP contribution in [0.5, 0.6) is 0 Å². The Hall–Kier alpha value is -0.460. The molecule has 100 valence electrons. The summed E-state index contributed by atoms with van der Waals surface area (Å²) >= 11 is 0. The molecule has 1 aliphatic rings. The smallest absolute Gasteiger partial charge is 0.235 e. The monoisotopic (exact) mass is 261 g/mol. The van der Waals surface area contributed by atoms with Crippen LogP contribution in [0.4, 0.5) is 0 Å². The minimum Gasteiger partial charge on any atom is -0.339 e. The maximum atomic E-state index is 11.9. The van der Waals surface area contributed by atoms with Crippen molar-refractivity contribution in [1.29, 1.82) is 0 Å². The molecule has 0 bridgehead atoms. The van der Waals surface area contributed by atoms with Crippen LogP contribution in [0.1, 0.15) is 13.3 Å². The van der Waals surface area contributed by atoms with Gasteiger partial charge in [0.25, 0.3) is 0 Å². The quantitative estimate of drug-likeness (QED) is 0.707. The van der Waals surface area contributed by atoms with E-state index in [2.05, 4.69) is 4.90 Å². The Kier molecular flexibility index (Phi) is 6.08. The van der Waals surface area contributed by atoms with E-state index in [0.717, 1.165) is 26.2 Å². The SMILES string of the molecule is CC(CCN)S(=O)CC(=O)N1CCN(C)CC1. The first-order valence-corrected chi connectivity index (χ1v) is 7.46. The number of carbonyl (C=O) groups is 1. The lowest BCUT2D eigenvalue weighted by Crippen LogP contribution is -2.48. The first-order valence-electron chi connectivity index (χ1n) is 6.08. The van der Waals surface area contributed by atoms with E-state index in [4.69, 9.17) is 5.73 Å². The normalized spacial score (nSPS) is 21.2. The number of nitrogens with zero attached hydrogens (tertiary/aromatic N) is 2. The molecule has 0 saturated carbocycles. The van der Waals surface area contributed by atoms with Gasteiger partial charge in [-0.2, -0.15) is 0 Å². The molecule has 0 aliphatic carbocycles. The fourth-order valence-electron chi connectivity index (χ4n) is 1.78. The van der Waals surface area contributed by atoms with E-state index in [9.17, 15) is 9.00 Å². The fourth-order valence-corrected chi connectivity index (χ4v) is 2.89. The van der Waals surface area contributed by atoms with Crippen molar-refractivity contribution in [3.05, 3.63) is 0 Å². The average molecular weight is 261 g/mol. The molecule has 17 heavy (non-hydrogen) atoms. The van der Waals surface area contributed by atoms with Gasteiger partial charge in [0.2, 0.25) is 5.91 Å². The van der Waals surface area contributed by atoms with E-state index < -0.39 is 10.8 Å². The molecule has 1 amide bonds. The van der Waals surface area contributed by atoms with Crippen LogP contribution in [0, 0.1) is 0 Å². The molecule has 0 radical (unpaired) electrons. The molecule has 2 unspecified atom stereocenters. The second kappa shape index (κ2) is 7.08. The molecular formula is C11H23N3O2S. The molecule has 1 heterocycles. The molecule has 2 N–H and O–H groups in total. The second-order valence-electron chi connectivity index (χ2n) is 4.60. The average Bonchev–Trinajstić information content (AvgIpc) is 2.30. The van der Waals surface area contributed by atoms with E-state index in [1.807, 2.05) is 18.9 Å². The maximum Gasteiger partial charge on any atom is 0.235 e. The number of piperazine rings is 1. The van der Waals surface area contributed by atoms with Gasteiger partial charge in [0.05, 0.1) is 0 Å². The summed E-state index contributed by atoms with van der Waals surface area (Å²) in [5, 5.41) is 0.0106. The molecule has 0 aromatic carbocycles. The van der Waals surface area contributed by atoms with Gasteiger partial charge in [-0.1, -0.05) is 6.92 Å². The van der Waals surface area contributed by atoms with Crippen LogP contribution in [0.25, 0.3) is 0 Å². The lowest BCUT2D eigenvalue weighted by atomic mass is 10.3. The van der Waals surface area contributed by atoms with Crippen LogP contribution < -0.4 is 5.73 Å². The maximum absolute atomic E-state index is 11.9. The number of likely N-dealkylation sites (N-methyl/N-ethyl adjacent to an activating group) is 1. The fraction of sp³-hybridized carbons (Fsp3) is 0.909. The number of hydrogen-bond donors (Lipinski definition) is 1. The Bertz CT molecular complexity index is 278. The van der Waals surface area contributed by atoms with Crippen molar-refractivity contribution in [2.24, 2.45) is 5.73 Å². The van der Waals surface area contributed by atoms with Gasteiger partial charge in [-0.15, -0.1) is 0 Å². The molecule has 0 aromatic heterocycles. The van der Waals surface area contributed by atoms with Crippen molar-refractivity contribution in [1.82, 2.24) is 9.80 Å². The van der Waals surface area contributed by atoms with Gasteiger partial charge < -0.3 is 15.5 Å². The minimum atomic E-state index is -1.09. The second-order valence-corrected chi connectivity index (χ2v) is 6.45. The molecule has 1 saturated heterocycles. The van der Waals surface area contributed by atoms with Crippen LogP contribution in [0.3, 0.4) is 0 Å². The van der Waals surface area contributed by atoms with Gasteiger partial charge in [-0.3, -0.25) is 9.00 Å². The zero-order valence-corrected chi connectivity index (χ0v) is 11.5. The van der Waals surface area contributed by atoms with E-state index in [-0.39, 0.29) is 16.9 Å². The summed E-state index contributed by atoms with van der Waals surface area (Å²) in [5.74, 6) is 0.158. The summed E-state index contributed by atoms with van der Waals surface area (Å²) in [6.07, 6.45) is 0.711. The summed E-state index contributed by atoms with van der Waals surface area (Å²) in [6, 6.07) is 0. The highest BCUT2D eigenvalue weighted by atomic mass is 32.2. The van der Waals surface area contributed by atoms with E-state index >= 15 is 0 Å². The zero-order chi connectivity index (χ0) is 12.8. The van der Waals surface area contributed by atoms with Crippen LogP contribution >= 0.6 is 0 Å². The summed E-state index contributed by atoms with van der Waals surface area (Å²) in [4.78, 5) is 15.9. The van der Waals surface area contributed by atoms with Gasteiger partial charge in [0, 0.05) is 42.2 Å². The molecule has 1 rings (SSSR count). The van der Waals surface area contributed by atoms with Crippen molar-refractivity contribution < 1.29 is 9.00 Å². The summed E-state index contributed by atoms with van der Waals surface area (Å²) < 4.78 is 11.8. The third-order valence-corrected chi connectivity index (χ3v) is 4.81. The summed E-state index contributed by atoms with van der Waals surface area (Å²) in [7, 11) is 0.955. The van der Waals surface area contributed by atoms with Gasteiger partial charge in [-0.25, -0.2) is 0 Å². The van der Waals surface area contributed by atoms with Gasteiger partial charge in [0.1, 0.15) is 5.75 Å². The molecule has 0 aromatic rings. The van der Waals surface area contributed by atoms with Crippen molar-refractivity contribution in [3.63, 3.8) is 0 Å². The van der Waals surface area contributed by atoms with Crippen LogP contribution in [0.2, 0.25) is 0 Å². The number of rotatable bonds is 5. The molecule has 6 heteroatoms. The Morgan fingerprint density at radius 3 is 2.47 bits per heavy atom. The van der Waals surface area contributed by atoms with Crippen molar-refractivity contribution in [2.75, 3.05) is 45.5 Å². The van der Waals surface area contributed by atoms with Crippen molar-refractivity contribution in [2.45, 2.75) is 18.6 Å². The Balaban J connectivity index is 2.36. The largest absolute Gasteiger partial charge is 0.339 e. The molecular weight excluding hydrogens is 238 g/mol. The molecule has 5 nitrogen and oxygen atoms in total. The number of nitrogens with two attached hydrogens (primary N) is 1. The summed E-state index contributed by atoms with van der Waals surface area (Å²) in [5.41, 5.74) is 5.42. The van der Waals surface area contributed by atoms with Gasteiger partial charge in [0.15, 0.2) is 0 Å². The Morgan fingerprint density at radius 2 is 1.94 bits per heavy atom. The standard InChI is InChI=1S/C11H23N3O2S/c1-10(3-4-12)17(16)9-11(15)14-7-5-13(2)6-8-14/h10H,3-9,12H2,1-2H3. The van der Waals surface area contributed by atoms with Gasteiger partial charge in [-0.05, 0) is 20.0 Å². The van der Waals surface area contributed by atoms with Crippen LogP contribution in [0.15, 0.2) is 0 Å². The van der Waals surface area contributed by atoms with E-state index in [1.54, 1.807) is 0 Å². The highest BCUT2D eigenvalue weighted by molar-refractivity contribution is 7.86. The van der Waals surface area contributed by atoms with Crippen molar-refractivity contribution >= 4 is 16.7 Å². The zero-order valence-electron chi connectivity index (χ0n) is 10.7. The minimum absolute atomic E-state index is 0.0106.